The standard InChI is InChI=1S/C18H14N2O5/c1-24-13-8-7-12-9-14(18(23)25-15(12)10-13)17(22)20(19)16(21)11-5-3-2-4-6-11/h2-10H,19H2,1H3. The van der Waals surface area contributed by atoms with Gasteiger partial charge < -0.3 is 9.15 Å². The number of benzene rings is 2. The Hall–Kier alpha value is -3.45. The number of imide groups is 1. The van der Waals surface area contributed by atoms with Gasteiger partial charge in [-0.05, 0) is 30.3 Å². The minimum Gasteiger partial charge on any atom is -0.497 e. The van der Waals surface area contributed by atoms with Crippen LogP contribution >= 0.6 is 0 Å². The lowest BCUT2D eigenvalue weighted by atomic mass is 10.1. The van der Waals surface area contributed by atoms with Crippen LogP contribution in [0.3, 0.4) is 0 Å². The molecule has 0 radical (unpaired) electrons. The normalized spacial score (nSPS) is 10.5. The van der Waals surface area contributed by atoms with Gasteiger partial charge in [0.05, 0.1) is 7.11 Å². The molecule has 0 unspecified atom stereocenters. The Morgan fingerprint density at radius 2 is 1.76 bits per heavy atom. The fourth-order valence-electron chi connectivity index (χ4n) is 2.31. The van der Waals surface area contributed by atoms with Gasteiger partial charge in [0.25, 0.3) is 11.8 Å². The first kappa shape index (κ1) is 16.4. The van der Waals surface area contributed by atoms with E-state index < -0.39 is 17.4 Å². The number of fused-ring (bicyclic) bond motifs is 1. The van der Waals surface area contributed by atoms with E-state index in [1.54, 1.807) is 30.3 Å². The fraction of sp³-hybridized carbons (Fsp3) is 0.0556. The molecule has 1 aromatic heterocycles. The molecule has 0 atom stereocenters. The molecule has 7 nitrogen and oxygen atoms in total. The Morgan fingerprint density at radius 3 is 2.44 bits per heavy atom. The first-order chi connectivity index (χ1) is 12.0. The monoisotopic (exact) mass is 338 g/mol. The van der Waals surface area contributed by atoms with Crippen molar-refractivity contribution in [3.8, 4) is 5.75 Å². The molecule has 2 aromatic carbocycles. The topological polar surface area (TPSA) is 103 Å². The molecule has 2 N–H and O–H groups in total. The molecule has 0 aliphatic rings. The van der Waals surface area contributed by atoms with Gasteiger partial charge >= 0.3 is 5.63 Å². The fourth-order valence-corrected chi connectivity index (χ4v) is 2.31. The van der Waals surface area contributed by atoms with Crippen LogP contribution in [-0.2, 0) is 0 Å². The minimum absolute atomic E-state index is 0.230. The molecule has 0 saturated heterocycles. The van der Waals surface area contributed by atoms with Gasteiger partial charge in [0.2, 0.25) is 0 Å². The summed E-state index contributed by atoms with van der Waals surface area (Å²) in [5.74, 6) is 4.46. The summed E-state index contributed by atoms with van der Waals surface area (Å²) in [6.07, 6.45) is 0. The summed E-state index contributed by atoms with van der Waals surface area (Å²) in [6, 6.07) is 14.2. The highest BCUT2D eigenvalue weighted by Gasteiger charge is 2.24. The Kier molecular flexibility index (Phi) is 4.32. The molecule has 25 heavy (non-hydrogen) atoms. The molecule has 0 bridgehead atoms. The summed E-state index contributed by atoms with van der Waals surface area (Å²) >= 11 is 0. The molecular formula is C18H14N2O5. The van der Waals surface area contributed by atoms with E-state index in [1.165, 1.54) is 31.4 Å². The Labute approximate surface area is 142 Å². The van der Waals surface area contributed by atoms with Crippen LogP contribution in [0, 0.1) is 0 Å². The van der Waals surface area contributed by atoms with Gasteiger partial charge in [-0.2, -0.15) is 0 Å². The Bertz CT molecular complexity index is 1010. The molecule has 0 aliphatic carbocycles. The number of carbonyl (C=O) groups excluding carboxylic acids is 2. The zero-order chi connectivity index (χ0) is 18.0. The maximum absolute atomic E-state index is 12.4. The second kappa shape index (κ2) is 6.58. The molecule has 3 aromatic rings. The summed E-state index contributed by atoms with van der Waals surface area (Å²) in [7, 11) is 1.48. The third kappa shape index (κ3) is 3.13. The SMILES string of the molecule is COc1ccc2cc(C(=O)N(N)C(=O)c3ccccc3)c(=O)oc2c1. The number of amides is 2. The minimum atomic E-state index is -0.944. The van der Waals surface area contributed by atoms with Crippen molar-refractivity contribution < 1.29 is 18.7 Å². The van der Waals surface area contributed by atoms with E-state index >= 15 is 0 Å². The van der Waals surface area contributed by atoms with Crippen LogP contribution in [0.25, 0.3) is 11.0 Å². The maximum Gasteiger partial charge on any atom is 0.349 e. The van der Waals surface area contributed by atoms with Crippen molar-refractivity contribution in [3.63, 3.8) is 0 Å². The number of ether oxygens (including phenoxy) is 1. The lowest BCUT2D eigenvalue weighted by Gasteiger charge is -2.14. The third-order valence-corrected chi connectivity index (χ3v) is 3.63. The van der Waals surface area contributed by atoms with Gasteiger partial charge in [-0.25, -0.2) is 15.6 Å². The summed E-state index contributed by atoms with van der Waals surface area (Å²) in [6.45, 7) is 0. The van der Waals surface area contributed by atoms with Gasteiger partial charge in [0, 0.05) is 17.0 Å². The number of hydrogen-bond acceptors (Lipinski definition) is 6. The number of rotatable bonds is 3. The average molecular weight is 338 g/mol. The van der Waals surface area contributed by atoms with Crippen molar-refractivity contribution in [2.45, 2.75) is 0 Å². The number of hydrogen-bond donors (Lipinski definition) is 1. The quantitative estimate of drug-likeness (QED) is 0.257. The predicted octanol–water partition coefficient (Wildman–Crippen LogP) is 1.96. The van der Waals surface area contributed by atoms with Gasteiger partial charge in [0.1, 0.15) is 16.9 Å². The molecule has 0 aliphatic heterocycles. The molecule has 0 spiro atoms. The van der Waals surface area contributed by atoms with Gasteiger partial charge in [-0.3, -0.25) is 9.59 Å². The van der Waals surface area contributed by atoms with Crippen molar-refractivity contribution in [1.29, 1.82) is 0 Å². The van der Waals surface area contributed by atoms with E-state index in [4.69, 9.17) is 15.0 Å². The van der Waals surface area contributed by atoms with E-state index in [1.807, 2.05) is 0 Å². The predicted molar refractivity (Wildman–Crippen MR) is 90.2 cm³/mol. The lowest BCUT2D eigenvalue weighted by molar-refractivity contribution is 0.0613. The highest BCUT2D eigenvalue weighted by molar-refractivity contribution is 6.10. The van der Waals surface area contributed by atoms with Gasteiger partial charge in [-0.15, -0.1) is 0 Å². The molecule has 0 saturated carbocycles. The first-order valence-electron chi connectivity index (χ1n) is 7.31. The molecule has 7 heteroatoms. The van der Waals surface area contributed by atoms with Crippen molar-refractivity contribution in [1.82, 2.24) is 5.01 Å². The molecule has 0 fully saturated rings. The van der Waals surface area contributed by atoms with Gasteiger partial charge in [-0.1, -0.05) is 18.2 Å². The summed E-state index contributed by atoms with van der Waals surface area (Å²) in [5.41, 5.74) is -0.723. The number of hydrazine groups is 1. The van der Waals surface area contributed by atoms with E-state index in [2.05, 4.69) is 0 Å². The first-order valence-corrected chi connectivity index (χ1v) is 7.31. The number of methoxy groups -OCH3 is 1. The van der Waals surface area contributed by atoms with E-state index in [-0.39, 0.29) is 16.7 Å². The van der Waals surface area contributed by atoms with Crippen molar-refractivity contribution in [2.24, 2.45) is 5.84 Å². The van der Waals surface area contributed by atoms with Crippen molar-refractivity contribution in [3.05, 3.63) is 76.1 Å². The van der Waals surface area contributed by atoms with Crippen LogP contribution in [0.2, 0.25) is 0 Å². The zero-order valence-electron chi connectivity index (χ0n) is 13.3. The maximum atomic E-state index is 12.4. The summed E-state index contributed by atoms with van der Waals surface area (Å²) in [5, 5.41) is 0.904. The largest absolute Gasteiger partial charge is 0.497 e. The lowest BCUT2D eigenvalue weighted by Crippen LogP contribution is -2.44. The smallest absolute Gasteiger partial charge is 0.349 e. The van der Waals surface area contributed by atoms with Crippen molar-refractivity contribution >= 4 is 22.8 Å². The highest BCUT2D eigenvalue weighted by atomic mass is 16.5. The van der Waals surface area contributed by atoms with Crippen LogP contribution < -0.4 is 16.2 Å². The second-order valence-electron chi connectivity index (χ2n) is 5.20. The van der Waals surface area contributed by atoms with E-state index in [9.17, 15) is 14.4 Å². The second-order valence-corrected chi connectivity index (χ2v) is 5.20. The van der Waals surface area contributed by atoms with E-state index in [0.29, 0.717) is 16.1 Å². The highest BCUT2D eigenvalue weighted by Crippen LogP contribution is 2.20. The molecule has 3 rings (SSSR count). The van der Waals surface area contributed by atoms with Crippen LogP contribution in [0.5, 0.6) is 5.75 Å². The van der Waals surface area contributed by atoms with Crippen LogP contribution in [0.1, 0.15) is 20.7 Å². The number of nitrogens with zero attached hydrogens (tertiary/aromatic N) is 1. The van der Waals surface area contributed by atoms with E-state index in [0.717, 1.165) is 0 Å². The molecule has 126 valence electrons. The van der Waals surface area contributed by atoms with Crippen LogP contribution in [-0.4, -0.2) is 23.9 Å². The summed E-state index contributed by atoms with van der Waals surface area (Å²) in [4.78, 5) is 36.8. The van der Waals surface area contributed by atoms with Gasteiger partial charge in [0.15, 0.2) is 0 Å². The van der Waals surface area contributed by atoms with Crippen molar-refractivity contribution in [2.75, 3.05) is 7.11 Å². The number of carbonyl (C=O) groups is 2. The number of nitrogens with two attached hydrogens (primary N) is 1. The average Bonchev–Trinajstić information content (AvgIpc) is 2.65. The summed E-state index contributed by atoms with van der Waals surface area (Å²) < 4.78 is 10.2. The Balaban J connectivity index is 1.98. The van der Waals surface area contributed by atoms with Crippen LogP contribution in [0.4, 0.5) is 0 Å². The zero-order valence-corrected chi connectivity index (χ0v) is 13.3. The van der Waals surface area contributed by atoms with Crippen LogP contribution in [0.15, 0.2) is 63.8 Å². The third-order valence-electron chi connectivity index (χ3n) is 3.63. The Morgan fingerprint density at radius 1 is 1.04 bits per heavy atom. The molecular weight excluding hydrogens is 324 g/mol. The molecule has 2 amide bonds. The molecule has 1 heterocycles.